The van der Waals surface area contributed by atoms with Crippen molar-refractivity contribution in [2.45, 2.75) is 39.7 Å². The van der Waals surface area contributed by atoms with Gasteiger partial charge in [-0.25, -0.2) is 4.79 Å². The summed E-state index contributed by atoms with van der Waals surface area (Å²) in [6.45, 7) is 5.65. The SMILES string of the molecule is CCC(CC)N(C)C(=O)N(CC(=O)O)c1ccc(C)cc1. The van der Waals surface area contributed by atoms with Crippen LogP contribution in [0.25, 0.3) is 0 Å². The van der Waals surface area contributed by atoms with Gasteiger partial charge in [0.15, 0.2) is 0 Å². The third kappa shape index (κ3) is 4.48. The first-order valence-electron chi connectivity index (χ1n) is 7.23. The van der Waals surface area contributed by atoms with E-state index in [2.05, 4.69) is 0 Å². The van der Waals surface area contributed by atoms with Gasteiger partial charge in [-0.15, -0.1) is 0 Å². The summed E-state index contributed by atoms with van der Waals surface area (Å²) in [4.78, 5) is 26.6. The van der Waals surface area contributed by atoms with Crippen LogP contribution in [0.15, 0.2) is 24.3 Å². The number of carboxylic acid groups (broad SMARTS) is 1. The number of aliphatic carboxylic acids is 1. The van der Waals surface area contributed by atoms with Crippen molar-refractivity contribution in [1.82, 2.24) is 4.90 Å². The predicted octanol–water partition coefficient (Wildman–Crippen LogP) is 3.13. The van der Waals surface area contributed by atoms with Crippen LogP contribution >= 0.6 is 0 Å². The maximum atomic E-state index is 12.6. The van der Waals surface area contributed by atoms with Gasteiger partial charge in [0.1, 0.15) is 6.54 Å². The molecule has 0 saturated carbocycles. The minimum absolute atomic E-state index is 0.110. The molecule has 0 unspecified atom stereocenters. The Hall–Kier alpha value is -2.04. The second kappa shape index (κ2) is 7.67. The molecule has 1 aromatic carbocycles. The van der Waals surface area contributed by atoms with Gasteiger partial charge in [-0.3, -0.25) is 9.69 Å². The van der Waals surface area contributed by atoms with Gasteiger partial charge >= 0.3 is 12.0 Å². The highest BCUT2D eigenvalue weighted by molar-refractivity contribution is 5.96. The largest absolute Gasteiger partial charge is 0.480 e. The second-order valence-corrected chi connectivity index (χ2v) is 5.18. The van der Waals surface area contributed by atoms with Crippen LogP contribution in [0.3, 0.4) is 0 Å². The number of rotatable bonds is 6. The van der Waals surface area contributed by atoms with Crippen LogP contribution in [0.4, 0.5) is 10.5 Å². The highest BCUT2D eigenvalue weighted by atomic mass is 16.4. The maximum Gasteiger partial charge on any atom is 0.325 e. The molecule has 2 amide bonds. The van der Waals surface area contributed by atoms with Crippen molar-refractivity contribution in [3.05, 3.63) is 29.8 Å². The van der Waals surface area contributed by atoms with E-state index in [1.807, 2.05) is 32.9 Å². The minimum Gasteiger partial charge on any atom is -0.480 e. The van der Waals surface area contributed by atoms with Gasteiger partial charge in [0.05, 0.1) is 0 Å². The van der Waals surface area contributed by atoms with Crippen molar-refractivity contribution in [1.29, 1.82) is 0 Å². The van der Waals surface area contributed by atoms with E-state index in [1.165, 1.54) is 4.90 Å². The molecule has 5 heteroatoms. The van der Waals surface area contributed by atoms with Crippen LogP contribution in [-0.2, 0) is 4.79 Å². The van der Waals surface area contributed by atoms with E-state index in [0.29, 0.717) is 5.69 Å². The number of aryl methyl sites for hydroxylation is 1. The summed E-state index contributed by atoms with van der Waals surface area (Å²) in [7, 11) is 1.73. The molecule has 1 aromatic rings. The Labute approximate surface area is 126 Å². The molecule has 5 nitrogen and oxygen atoms in total. The molecule has 0 aliphatic rings. The van der Waals surface area contributed by atoms with E-state index in [4.69, 9.17) is 5.11 Å². The lowest BCUT2D eigenvalue weighted by molar-refractivity contribution is -0.135. The quantitative estimate of drug-likeness (QED) is 0.876. The number of carbonyl (C=O) groups is 2. The van der Waals surface area contributed by atoms with Gasteiger partial charge in [0.2, 0.25) is 0 Å². The number of hydrogen-bond donors (Lipinski definition) is 1. The van der Waals surface area contributed by atoms with Crippen LogP contribution in [0.5, 0.6) is 0 Å². The normalized spacial score (nSPS) is 10.5. The zero-order valence-electron chi connectivity index (χ0n) is 13.2. The third-order valence-electron chi connectivity index (χ3n) is 3.66. The van der Waals surface area contributed by atoms with Gasteiger partial charge in [-0.1, -0.05) is 31.5 Å². The molecule has 0 heterocycles. The van der Waals surface area contributed by atoms with Crippen molar-refractivity contribution < 1.29 is 14.7 Å². The molecular formula is C16H24N2O3. The fourth-order valence-electron chi connectivity index (χ4n) is 2.31. The molecule has 21 heavy (non-hydrogen) atoms. The molecule has 0 bridgehead atoms. The number of anilines is 1. The highest BCUT2D eigenvalue weighted by Gasteiger charge is 2.25. The maximum absolute atomic E-state index is 12.6. The number of carboxylic acids is 1. The molecule has 0 aliphatic heterocycles. The van der Waals surface area contributed by atoms with Gasteiger partial charge in [0, 0.05) is 18.8 Å². The monoisotopic (exact) mass is 292 g/mol. The summed E-state index contributed by atoms with van der Waals surface area (Å²) in [6, 6.07) is 7.12. The Balaban J connectivity index is 3.04. The van der Waals surface area contributed by atoms with Crippen LogP contribution in [0, 0.1) is 6.92 Å². The zero-order chi connectivity index (χ0) is 16.0. The zero-order valence-corrected chi connectivity index (χ0v) is 13.2. The first-order chi connectivity index (χ1) is 9.90. The van der Waals surface area contributed by atoms with Crippen LogP contribution in [-0.4, -0.2) is 41.6 Å². The van der Waals surface area contributed by atoms with Crippen LogP contribution < -0.4 is 4.90 Å². The topological polar surface area (TPSA) is 60.9 Å². The molecule has 0 aliphatic carbocycles. The van der Waals surface area contributed by atoms with Crippen LogP contribution in [0.1, 0.15) is 32.3 Å². The number of nitrogens with zero attached hydrogens (tertiary/aromatic N) is 2. The smallest absolute Gasteiger partial charge is 0.325 e. The van der Waals surface area contributed by atoms with Crippen molar-refractivity contribution >= 4 is 17.7 Å². The molecule has 1 rings (SSSR count). The molecule has 0 atom stereocenters. The molecular weight excluding hydrogens is 268 g/mol. The van der Waals surface area contributed by atoms with E-state index in [-0.39, 0.29) is 18.6 Å². The molecule has 0 radical (unpaired) electrons. The van der Waals surface area contributed by atoms with Gasteiger partial charge in [-0.2, -0.15) is 0 Å². The first kappa shape index (κ1) is 17.0. The molecule has 0 spiro atoms. The summed E-state index contributed by atoms with van der Waals surface area (Å²) in [5.41, 5.74) is 1.67. The lowest BCUT2D eigenvalue weighted by atomic mass is 10.1. The van der Waals surface area contributed by atoms with Gasteiger partial charge in [0.25, 0.3) is 0 Å². The molecule has 1 N–H and O–H groups in total. The number of amides is 2. The van der Waals surface area contributed by atoms with Crippen molar-refractivity contribution in [2.24, 2.45) is 0 Å². The summed E-state index contributed by atoms with van der Waals surface area (Å²) in [5.74, 6) is -1.03. The van der Waals surface area contributed by atoms with E-state index < -0.39 is 5.97 Å². The van der Waals surface area contributed by atoms with Crippen molar-refractivity contribution in [3.8, 4) is 0 Å². The standard InChI is InChI=1S/C16H24N2O3/c1-5-13(6-2)17(4)16(21)18(11-15(19)20)14-9-7-12(3)8-10-14/h7-10,13H,5-6,11H2,1-4H3,(H,19,20). The molecule has 116 valence electrons. The lowest BCUT2D eigenvalue weighted by Crippen LogP contribution is -2.47. The van der Waals surface area contributed by atoms with Gasteiger partial charge in [-0.05, 0) is 31.9 Å². The Morgan fingerprint density at radius 3 is 2.10 bits per heavy atom. The van der Waals surface area contributed by atoms with E-state index in [1.54, 1.807) is 24.1 Å². The summed E-state index contributed by atoms with van der Waals surface area (Å²) in [5, 5.41) is 9.07. The number of hydrogen-bond acceptors (Lipinski definition) is 2. The van der Waals surface area contributed by atoms with Crippen molar-refractivity contribution in [2.75, 3.05) is 18.5 Å². The van der Waals surface area contributed by atoms with Crippen molar-refractivity contribution in [3.63, 3.8) is 0 Å². The second-order valence-electron chi connectivity index (χ2n) is 5.18. The Morgan fingerprint density at radius 1 is 1.14 bits per heavy atom. The lowest BCUT2D eigenvalue weighted by Gasteiger charge is -2.32. The Kier molecular flexibility index (Phi) is 6.21. The van der Waals surface area contributed by atoms with E-state index in [0.717, 1.165) is 18.4 Å². The first-order valence-corrected chi connectivity index (χ1v) is 7.23. The molecule has 0 aromatic heterocycles. The van der Waals surface area contributed by atoms with Gasteiger partial charge < -0.3 is 10.0 Å². The highest BCUT2D eigenvalue weighted by Crippen LogP contribution is 2.18. The predicted molar refractivity (Wildman–Crippen MR) is 83.7 cm³/mol. The summed E-state index contributed by atoms with van der Waals surface area (Å²) in [6.07, 6.45) is 1.68. The molecule has 0 fully saturated rings. The van der Waals surface area contributed by atoms with E-state index >= 15 is 0 Å². The Bertz CT molecular complexity index is 481. The van der Waals surface area contributed by atoms with E-state index in [9.17, 15) is 9.59 Å². The third-order valence-corrected chi connectivity index (χ3v) is 3.66. The number of urea groups is 1. The summed E-state index contributed by atoms with van der Waals surface area (Å²) < 4.78 is 0. The van der Waals surface area contributed by atoms with Crippen LogP contribution in [0.2, 0.25) is 0 Å². The summed E-state index contributed by atoms with van der Waals surface area (Å²) >= 11 is 0. The fraction of sp³-hybridized carbons (Fsp3) is 0.500. The minimum atomic E-state index is -1.03. The average Bonchev–Trinajstić information content (AvgIpc) is 2.46. The Morgan fingerprint density at radius 2 is 1.67 bits per heavy atom. The fourth-order valence-corrected chi connectivity index (χ4v) is 2.31. The molecule has 0 saturated heterocycles. The number of carbonyl (C=O) groups excluding carboxylic acids is 1. The number of benzene rings is 1. The average molecular weight is 292 g/mol.